The molecule has 2 amide bonds. The molecule has 0 aliphatic rings. The molecule has 138 valence electrons. The highest BCUT2D eigenvalue weighted by atomic mass is 16.5. The Morgan fingerprint density at radius 3 is 2.46 bits per heavy atom. The second-order valence-corrected chi connectivity index (χ2v) is 6.27. The van der Waals surface area contributed by atoms with E-state index in [4.69, 9.17) is 4.74 Å². The van der Waals surface area contributed by atoms with Gasteiger partial charge in [-0.1, -0.05) is 31.2 Å². The number of amides is 2. The summed E-state index contributed by atoms with van der Waals surface area (Å²) in [5.41, 5.74) is 3.23. The van der Waals surface area contributed by atoms with Crippen LogP contribution >= 0.6 is 0 Å². The average Bonchev–Trinajstić information content (AvgIpc) is 2.63. The fraction of sp³-hybridized carbons (Fsp3) is 0.333. The smallest absolute Gasteiger partial charge is 0.254 e. The number of anilines is 1. The van der Waals surface area contributed by atoms with Crippen molar-refractivity contribution < 1.29 is 14.3 Å². The van der Waals surface area contributed by atoms with Crippen molar-refractivity contribution in [2.24, 2.45) is 0 Å². The lowest BCUT2D eigenvalue weighted by Gasteiger charge is -2.22. The van der Waals surface area contributed by atoms with Gasteiger partial charge in [0.1, 0.15) is 12.3 Å². The third-order valence-corrected chi connectivity index (χ3v) is 4.19. The lowest BCUT2D eigenvalue weighted by atomic mass is 10.1. The van der Waals surface area contributed by atoms with E-state index in [1.54, 1.807) is 24.1 Å². The summed E-state index contributed by atoms with van der Waals surface area (Å²) < 4.78 is 5.30. The standard InChI is InChI=1S/C21H26N2O3/c1-5-12-23(14-20(24)22-18-9-7-6-8-15(18)2)21(25)17-11-10-16(3)19(13-17)26-4/h6-11,13H,5,12,14H2,1-4H3,(H,22,24). The molecular weight excluding hydrogens is 328 g/mol. The number of carbonyl (C=O) groups excluding carboxylic acids is 2. The lowest BCUT2D eigenvalue weighted by Crippen LogP contribution is -2.38. The monoisotopic (exact) mass is 354 g/mol. The Morgan fingerprint density at radius 2 is 1.81 bits per heavy atom. The fourth-order valence-corrected chi connectivity index (χ4v) is 2.73. The van der Waals surface area contributed by atoms with Crippen molar-refractivity contribution in [3.8, 4) is 5.75 Å². The van der Waals surface area contributed by atoms with Gasteiger partial charge in [0.25, 0.3) is 5.91 Å². The van der Waals surface area contributed by atoms with Crippen molar-refractivity contribution in [2.45, 2.75) is 27.2 Å². The summed E-state index contributed by atoms with van der Waals surface area (Å²) in [6.45, 7) is 6.36. The number of ether oxygens (including phenoxy) is 1. The van der Waals surface area contributed by atoms with Gasteiger partial charge in [0.2, 0.25) is 5.91 Å². The van der Waals surface area contributed by atoms with Crippen molar-refractivity contribution in [3.63, 3.8) is 0 Å². The highest BCUT2D eigenvalue weighted by Crippen LogP contribution is 2.20. The molecule has 0 saturated heterocycles. The van der Waals surface area contributed by atoms with E-state index in [0.717, 1.165) is 23.2 Å². The number of aryl methyl sites for hydroxylation is 2. The number of carbonyl (C=O) groups is 2. The van der Waals surface area contributed by atoms with Crippen LogP contribution in [0.1, 0.15) is 34.8 Å². The van der Waals surface area contributed by atoms with Crippen LogP contribution in [0.25, 0.3) is 0 Å². The first-order valence-electron chi connectivity index (χ1n) is 8.75. The van der Waals surface area contributed by atoms with Crippen LogP contribution in [0.5, 0.6) is 5.75 Å². The van der Waals surface area contributed by atoms with E-state index in [1.165, 1.54) is 0 Å². The summed E-state index contributed by atoms with van der Waals surface area (Å²) >= 11 is 0. The molecule has 2 aromatic carbocycles. The van der Waals surface area contributed by atoms with Crippen LogP contribution in [0.3, 0.4) is 0 Å². The van der Waals surface area contributed by atoms with E-state index >= 15 is 0 Å². The van der Waals surface area contributed by atoms with Gasteiger partial charge >= 0.3 is 0 Å². The molecular formula is C21H26N2O3. The largest absolute Gasteiger partial charge is 0.496 e. The first-order valence-corrected chi connectivity index (χ1v) is 8.75. The van der Waals surface area contributed by atoms with Crippen molar-refractivity contribution >= 4 is 17.5 Å². The first kappa shape index (κ1) is 19.5. The van der Waals surface area contributed by atoms with Crippen LogP contribution in [0.2, 0.25) is 0 Å². The van der Waals surface area contributed by atoms with Gasteiger partial charge in [-0.2, -0.15) is 0 Å². The maximum Gasteiger partial charge on any atom is 0.254 e. The van der Waals surface area contributed by atoms with E-state index in [9.17, 15) is 9.59 Å². The summed E-state index contributed by atoms with van der Waals surface area (Å²) in [7, 11) is 1.58. The van der Waals surface area contributed by atoms with Crippen LogP contribution < -0.4 is 10.1 Å². The van der Waals surface area contributed by atoms with Gasteiger partial charge in [0, 0.05) is 17.8 Å². The van der Waals surface area contributed by atoms with Crippen LogP contribution in [-0.4, -0.2) is 36.9 Å². The number of benzene rings is 2. The van der Waals surface area contributed by atoms with Gasteiger partial charge in [-0.25, -0.2) is 0 Å². The molecule has 0 fully saturated rings. The number of rotatable bonds is 7. The second-order valence-electron chi connectivity index (χ2n) is 6.27. The number of nitrogens with zero attached hydrogens (tertiary/aromatic N) is 1. The van der Waals surface area contributed by atoms with E-state index in [-0.39, 0.29) is 18.4 Å². The maximum absolute atomic E-state index is 12.9. The summed E-state index contributed by atoms with van der Waals surface area (Å²) in [6, 6.07) is 12.9. The molecule has 0 bridgehead atoms. The average molecular weight is 354 g/mol. The summed E-state index contributed by atoms with van der Waals surface area (Å²) in [5, 5.41) is 2.88. The molecule has 5 nitrogen and oxygen atoms in total. The predicted octanol–water partition coefficient (Wildman–Crippen LogP) is 3.80. The molecule has 5 heteroatoms. The van der Waals surface area contributed by atoms with Crippen LogP contribution in [0.15, 0.2) is 42.5 Å². The van der Waals surface area contributed by atoms with Crippen molar-refractivity contribution in [1.82, 2.24) is 4.90 Å². The Balaban J connectivity index is 2.13. The molecule has 0 unspecified atom stereocenters. The van der Waals surface area contributed by atoms with Crippen LogP contribution in [0.4, 0.5) is 5.69 Å². The minimum Gasteiger partial charge on any atom is -0.496 e. The summed E-state index contributed by atoms with van der Waals surface area (Å²) in [4.78, 5) is 26.9. The minimum atomic E-state index is -0.208. The van der Waals surface area contributed by atoms with Gasteiger partial charge in [-0.05, 0) is 49.6 Å². The molecule has 0 aliphatic carbocycles. The molecule has 0 aliphatic heterocycles. The Morgan fingerprint density at radius 1 is 1.08 bits per heavy atom. The highest BCUT2D eigenvalue weighted by Gasteiger charge is 2.19. The van der Waals surface area contributed by atoms with E-state index in [0.29, 0.717) is 17.9 Å². The van der Waals surface area contributed by atoms with Gasteiger partial charge in [-0.15, -0.1) is 0 Å². The van der Waals surface area contributed by atoms with Gasteiger partial charge < -0.3 is 15.0 Å². The quantitative estimate of drug-likeness (QED) is 0.823. The topological polar surface area (TPSA) is 58.6 Å². The number of methoxy groups -OCH3 is 1. The lowest BCUT2D eigenvalue weighted by molar-refractivity contribution is -0.116. The Labute approximate surface area is 155 Å². The van der Waals surface area contributed by atoms with E-state index < -0.39 is 0 Å². The molecule has 0 aromatic heterocycles. The van der Waals surface area contributed by atoms with Gasteiger partial charge in [-0.3, -0.25) is 9.59 Å². The molecule has 0 spiro atoms. The molecule has 0 saturated carbocycles. The zero-order valence-corrected chi connectivity index (χ0v) is 15.8. The van der Waals surface area contributed by atoms with Crippen molar-refractivity contribution in [2.75, 3.05) is 25.5 Å². The van der Waals surface area contributed by atoms with Crippen LogP contribution in [-0.2, 0) is 4.79 Å². The Kier molecular flexibility index (Phi) is 6.78. The predicted molar refractivity (Wildman–Crippen MR) is 104 cm³/mol. The third kappa shape index (κ3) is 4.85. The number of hydrogen-bond acceptors (Lipinski definition) is 3. The maximum atomic E-state index is 12.9. The zero-order valence-electron chi connectivity index (χ0n) is 15.8. The molecule has 2 aromatic rings. The van der Waals surface area contributed by atoms with Crippen LogP contribution in [0, 0.1) is 13.8 Å². The number of para-hydroxylation sites is 1. The summed E-state index contributed by atoms with van der Waals surface area (Å²) in [6.07, 6.45) is 0.770. The van der Waals surface area contributed by atoms with Crippen molar-refractivity contribution in [1.29, 1.82) is 0 Å². The zero-order chi connectivity index (χ0) is 19.1. The van der Waals surface area contributed by atoms with Crippen molar-refractivity contribution in [3.05, 3.63) is 59.2 Å². The first-order chi connectivity index (χ1) is 12.5. The Hall–Kier alpha value is -2.82. The van der Waals surface area contributed by atoms with E-state index in [1.807, 2.05) is 51.1 Å². The second kappa shape index (κ2) is 9.04. The molecule has 0 radical (unpaired) electrons. The molecule has 26 heavy (non-hydrogen) atoms. The SMILES string of the molecule is CCCN(CC(=O)Nc1ccccc1C)C(=O)c1ccc(C)c(OC)c1. The Bertz CT molecular complexity index is 787. The molecule has 2 rings (SSSR count). The molecule has 0 heterocycles. The number of hydrogen-bond donors (Lipinski definition) is 1. The molecule has 1 N–H and O–H groups in total. The summed E-state index contributed by atoms with van der Waals surface area (Å²) in [5.74, 6) is 0.280. The number of nitrogens with one attached hydrogen (secondary N) is 1. The third-order valence-electron chi connectivity index (χ3n) is 4.19. The highest BCUT2D eigenvalue weighted by molar-refractivity contribution is 5.99. The fourth-order valence-electron chi connectivity index (χ4n) is 2.73. The van der Waals surface area contributed by atoms with E-state index in [2.05, 4.69) is 5.32 Å². The van der Waals surface area contributed by atoms with Gasteiger partial charge in [0.05, 0.1) is 7.11 Å². The normalized spacial score (nSPS) is 10.3. The molecule has 0 atom stereocenters. The van der Waals surface area contributed by atoms with Gasteiger partial charge in [0.15, 0.2) is 0 Å². The minimum absolute atomic E-state index is 0.0111.